The predicted molar refractivity (Wildman–Crippen MR) is 94.8 cm³/mol. The zero-order valence-electron chi connectivity index (χ0n) is 12.8. The largest absolute Gasteiger partial charge is 0.253 e. The first kappa shape index (κ1) is 16.9. The minimum Gasteiger partial charge on any atom is -0.206 e. The summed E-state index contributed by atoms with van der Waals surface area (Å²) in [5.74, 6) is 0. The van der Waals surface area contributed by atoms with Gasteiger partial charge < -0.3 is 0 Å². The number of thiophene rings is 1. The lowest BCUT2D eigenvalue weighted by molar-refractivity contribution is 0.170. The fourth-order valence-electron chi connectivity index (χ4n) is 3.90. The van der Waals surface area contributed by atoms with Gasteiger partial charge in [0.15, 0.2) is 0 Å². The van der Waals surface area contributed by atoms with Crippen LogP contribution in [-0.2, 0) is 10.0 Å². The van der Waals surface area contributed by atoms with Crippen LogP contribution in [0.25, 0.3) is 0 Å². The Bertz CT molecular complexity index is 569. The smallest absolute Gasteiger partial charge is 0.206 e. The maximum atomic E-state index is 13.3. The van der Waals surface area contributed by atoms with Gasteiger partial charge in [-0.05, 0) is 53.7 Å². The third-order valence-electron chi connectivity index (χ3n) is 4.95. The molecule has 3 rings (SSSR count). The van der Waals surface area contributed by atoms with E-state index in [1.807, 2.05) is 10.4 Å². The standard InChI is InChI=1S/C16H24BrNO2S2/c17-15-11-12-16(21-15)22(19,20)18(13-7-3-1-4-8-13)14-9-5-2-6-10-14/h11-14H,1-10H2. The molecule has 0 amide bonds. The maximum Gasteiger partial charge on any atom is 0.253 e. The van der Waals surface area contributed by atoms with Gasteiger partial charge in [0.05, 0.1) is 3.79 Å². The Kier molecular flexibility index (Phi) is 5.64. The van der Waals surface area contributed by atoms with Gasteiger partial charge in [-0.1, -0.05) is 38.5 Å². The van der Waals surface area contributed by atoms with E-state index in [0.29, 0.717) is 4.21 Å². The van der Waals surface area contributed by atoms with Gasteiger partial charge in [-0.2, -0.15) is 4.31 Å². The van der Waals surface area contributed by atoms with Crippen molar-refractivity contribution in [2.75, 3.05) is 0 Å². The van der Waals surface area contributed by atoms with E-state index in [1.165, 1.54) is 24.2 Å². The van der Waals surface area contributed by atoms with Crippen LogP contribution in [0, 0.1) is 0 Å². The SMILES string of the molecule is O=S(=O)(c1ccc(Br)s1)N(C1CCCCC1)C1CCCCC1. The van der Waals surface area contributed by atoms with Crippen molar-refractivity contribution in [1.29, 1.82) is 0 Å². The second-order valence-corrected chi connectivity index (χ2v) is 11.0. The fraction of sp³-hybridized carbons (Fsp3) is 0.750. The highest BCUT2D eigenvalue weighted by atomic mass is 79.9. The van der Waals surface area contributed by atoms with Crippen molar-refractivity contribution >= 4 is 37.3 Å². The molecule has 3 nitrogen and oxygen atoms in total. The molecule has 1 aromatic heterocycles. The molecule has 0 spiro atoms. The molecule has 0 aliphatic heterocycles. The van der Waals surface area contributed by atoms with Crippen LogP contribution in [-0.4, -0.2) is 24.8 Å². The number of rotatable bonds is 4. The van der Waals surface area contributed by atoms with Gasteiger partial charge in [-0.25, -0.2) is 8.42 Å². The number of hydrogen-bond donors (Lipinski definition) is 0. The Morgan fingerprint density at radius 2 is 1.41 bits per heavy atom. The molecular formula is C16H24BrNO2S2. The van der Waals surface area contributed by atoms with Crippen molar-refractivity contribution in [3.63, 3.8) is 0 Å². The second-order valence-electron chi connectivity index (χ2n) is 6.48. The molecule has 2 fully saturated rings. The van der Waals surface area contributed by atoms with Crippen LogP contribution >= 0.6 is 27.3 Å². The molecule has 0 N–H and O–H groups in total. The van der Waals surface area contributed by atoms with Crippen LogP contribution in [0.5, 0.6) is 0 Å². The molecule has 2 aliphatic rings. The molecule has 1 aromatic rings. The zero-order chi connectivity index (χ0) is 15.6. The third kappa shape index (κ3) is 3.60. The number of sulfonamides is 1. The Hall–Kier alpha value is 0.0900. The van der Waals surface area contributed by atoms with Crippen LogP contribution in [0.3, 0.4) is 0 Å². The van der Waals surface area contributed by atoms with Crippen molar-refractivity contribution in [2.45, 2.75) is 80.5 Å². The highest BCUT2D eigenvalue weighted by molar-refractivity contribution is 9.11. The van der Waals surface area contributed by atoms with Gasteiger partial charge in [0.1, 0.15) is 4.21 Å². The molecule has 2 saturated carbocycles. The molecule has 6 heteroatoms. The zero-order valence-corrected chi connectivity index (χ0v) is 16.1. The Balaban J connectivity index is 1.92. The quantitative estimate of drug-likeness (QED) is 0.692. The minimum atomic E-state index is -3.36. The first-order chi connectivity index (χ1) is 10.6. The lowest BCUT2D eigenvalue weighted by Gasteiger charge is -2.40. The van der Waals surface area contributed by atoms with E-state index in [-0.39, 0.29) is 12.1 Å². The van der Waals surface area contributed by atoms with Gasteiger partial charge in [0.25, 0.3) is 10.0 Å². The van der Waals surface area contributed by atoms with Crippen molar-refractivity contribution in [3.8, 4) is 0 Å². The van der Waals surface area contributed by atoms with E-state index in [2.05, 4.69) is 15.9 Å². The summed E-state index contributed by atoms with van der Waals surface area (Å²) in [6, 6.07) is 4.02. The Morgan fingerprint density at radius 3 is 1.82 bits per heavy atom. The number of nitrogens with zero attached hydrogens (tertiary/aromatic N) is 1. The van der Waals surface area contributed by atoms with Crippen molar-refractivity contribution < 1.29 is 8.42 Å². The summed E-state index contributed by atoms with van der Waals surface area (Å²) < 4.78 is 29.8. The highest BCUT2D eigenvalue weighted by Crippen LogP contribution is 2.37. The normalized spacial score (nSPS) is 22.3. The molecule has 1 heterocycles. The van der Waals surface area contributed by atoms with E-state index >= 15 is 0 Å². The molecule has 0 aromatic carbocycles. The highest BCUT2D eigenvalue weighted by Gasteiger charge is 2.38. The average molecular weight is 406 g/mol. The Morgan fingerprint density at radius 1 is 0.909 bits per heavy atom. The van der Waals surface area contributed by atoms with Crippen LogP contribution in [0.4, 0.5) is 0 Å². The van der Waals surface area contributed by atoms with E-state index in [0.717, 1.165) is 55.2 Å². The molecule has 0 saturated heterocycles. The van der Waals surface area contributed by atoms with Crippen LogP contribution in [0.1, 0.15) is 64.2 Å². The van der Waals surface area contributed by atoms with E-state index < -0.39 is 10.0 Å². The number of halogens is 1. The fourth-order valence-corrected chi connectivity index (χ4v) is 7.95. The topological polar surface area (TPSA) is 37.4 Å². The van der Waals surface area contributed by atoms with Gasteiger partial charge in [-0.15, -0.1) is 11.3 Å². The Labute approximate surface area is 146 Å². The summed E-state index contributed by atoms with van der Waals surface area (Å²) in [7, 11) is -3.36. The van der Waals surface area contributed by atoms with E-state index in [4.69, 9.17) is 0 Å². The number of hydrogen-bond acceptors (Lipinski definition) is 3. The molecule has 0 bridgehead atoms. The van der Waals surface area contributed by atoms with Gasteiger partial charge in [0.2, 0.25) is 0 Å². The summed E-state index contributed by atoms with van der Waals surface area (Å²) in [6.45, 7) is 0. The summed E-state index contributed by atoms with van der Waals surface area (Å²) in [5, 5.41) is 0. The van der Waals surface area contributed by atoms with Crippen LogP contribution < -0.4 is 0 Å². The summed E-state index contributed by atoms with van der Waals surface area (Å²) in [5.41, 5.74) is 0. The predicted octanol–water partition coefficient (Wildman–Crippen LogP) is 5.17. The first-order valence-corrected chi connectivity index (χ1v) is 11.4. The second kappa shape index (κ2) is 7.32. The van der Waals surface area contributed by atoms with Gasteiger partial charge >= 0.3 is 0 Å². The lowest BCUT2D eigenvalue weighted by atomic mass is 9.91. The summed E-state index contributed by atoms with van der Waals surface area (Å²) in [4.78, 5) is 0. The summed E-state index contributed by atoms with van der Waals surface area (Å²) in [6.07, 6.45) is 11.3. The molecule has 2 aliphatic carbocycles. The van der Waals surface area contributed by atoms with Gasteiger partial charge in [-0.3, -0.25) is 0 Å². The maximum absolute atomic E-state index is 13.3. The molecular weight excluding hydrogens is 382 g/mol. The van der Waals surface area contributed by atoms with Crippen molar-refractivity contribution in [2.24, 2.45) is 0 Å². The van der Waals surface area contributed by atoms with Crippen molar-refractivity contribution in [1.82, 2.24) is 4.31 Å². The minimum absolute atomic E-state index is 0.211. The van der Waals surface area contributed by atoms with Crippen LogP contribution in [0.2, 0.25) is 0 Å². The van der Waals surface area contributed by atoms with E-state index in [1.54, 1.807) is 6.07 Å². The average Bonchev–Trinajstić information content (AvgIpc) is 2.97. The molecule has 22 heavy (non-hydrogen) atoms. The van der Waals surface area contributed by atoms with Crippen molar-refractivity contribution in [3.05, 3.63) is 15.9 Å². The van der Waals surface area contributed by atoms with Gasteiger partial charge in [0, 0.05) is 12.1 Å². The first-order valence-electron chi connectivity index (χ1n) is 8.38. The molecule has 124 valence electrons. The lowest BCUT2D eigenvalue weighted by Crippen LogP contribution is -2.48. The monoisotopic (exact) mass is 405 g/mol. The summed E-state index contributed by atoms with van der Waals surface area (Å²) >= 11 is 4.74. The molecule has 0 radical (unpaired) electrons. The molecule has 0 unspecified atom stereocenters. The molecule has 0 atom stereocenters. The van der Waals surface area contributed by atoms with E-state index in [9.17, 15) is 8.42 Å². The van der Waals surface area contributed by atoms with Crippen LogP contribution in [0.15, 0.2) is 20.1 Å². The third-order valence-corrected chi connectivity index (χ3v) is 9.05.